The molecule has 10 aromatic rings. The van der Waals surface area contributed by atoms with Crippen molar-refractivity contribution < 1.29 is 0 Å². The summed E-state index contributed by atoms with van der Waals surface area (Å²) in [6.07, 6.45) is 0. The minimum atomic E-state index is 1.10. The Balaban J connectivity index is 1.04. The van der Waals surface area contributed by atoms with E-state index in [9.17, 15) is 0 Å². The number of aromatic nitrogens is 1. The maximum atomic E-state index is 2.40. The number of fused-ring (bicyclic) bond motifs is 3. The van der Waals surface area contributed by atoms with Crippen molar-refractivity contribution in [3.63, 3.8) is 0 Å². The molecule has 0 radical (unpaired) electrons. The molecule has 1 aromatic heterocycles. The summed E-state index contributed by atoms with van der Waals surface area (Å²) in [4.78, 5) is 2.35. The van der Waals surface area contributed by atoms with Crippen LogP contribution in [0, 0.1) is 0 Å². The Morgan fingerprint density at radius 1 is 0.286 bits per heavy atom. The summed E-state index contributed by atoms with van der Waals surface area (Å²) in [5.74, 6) is 0. The molecule has 0 fully saturated rings. The monoisotopic (exact) mass is 714 g/mol. The SMILES string of the molecule is c1ccc(-c2ccc(-c3ccc(N(c4ccccc4)c4cccc(-c5cccc6c5c5ccccc5n6-c5ccc(-c6ccccc6)cc5)c4)cc3)cc2)cc1. The van der Waals surface area contributed by atoms with Gasteiger partial charge in [-0.3, -0.25) is 0 Å². The van der Waals surface area contributed by atoms with Gasteiger partial charge in [-0.15, -0.1) is 0 Å². The second-order valence-corrected chi connectivity index (χ2v) is 14.2. The van der Waals surface area contributed by atoms with E-state index >= 15 is 0 Å². The topological polar surface area (TPSA) is 8.17 Å². The first-order chi connectivity index (χ1) is 27.8. The van der Waals surface area contributed by atoms with Crippen LogP contribution in [0.2, 0.25) is 0 Å². The van der Waals surface area contributed by atoms with E-state index in [4.69, 9.17) is 0 Å². The van der Waals surface area contributed by atoms with Crippen LogP contribution in [-0.4, -0.2) is 4.57 Å². The molecule has 0 aliphatic rings. The van der Waals surface area contributed by atoms with Gasteiger partial charge in [0.15, 0.2) is 0 Å². The van der Waals surface area contributed by atoms with Gasteiger partial charge in [0.25, 0.3) is 0 Å². The first-order valence-electron chi connectivity index (χ1n) is 19.2. The van der Waals surface area contributed by atoms with Gasteiger partial charge in [-0.1, -0.05) is 170 Å². The van der Waals surface area contributed by atoms with Gasteiger partial charge in [0.05, 0.1) is 11.0 Å². The molecule has 0 spiro atoms. The van der Waals surface area contributed by atoms with Gasteiger partial charge >= 0.3 is 0 Å². The lowest BCUT2D eigenvalue weighted by atomic mass is 9.98. The van der Waals surface area contributed by atoms with Crippen LogP contribution in [0.1, 0.15) is 0 Å². The third kappa shape index (κ3) is 6.14. The zero-order valence-electron chi connectivity index (χ0n) is 30.8. The molecule has 264 valence electrons. The minimum absolute atomic E-state index is 1.10. The van der Waals surface area contributed by atoms with Gasteiger partial charge in [0.1, 0.15) is 0 Å². The average Bonchev–Trinajstić information content (AvgIpc) is 3.63. The molecule has 0 N–H and O–H groups in total. The molecule has 0 atom stereocenters. The Bertz CT molecular complexity index is 2910. The van der Waals surface area contributed by atoms with E-state index < -0.39 is 0 Å². The molecule has 0 unspecified atom stereocenters. The van der Waals surface area contributed by atoms with Crippen molar-refractivity contribution in [2.75, 3.05) is 4.90 Å². The third-order valence-corrected chi connectivity index (χ3v) is 10.8. The lowest BCUT2D eigenvalue weighted by Gasteiger charge is -2.26. The second kappa shape index (κ2) is 14.4. The van der Waals surface area contributed by atoms with E-state index in [-0.39, 0.29) is 0 Å². The third-order valence-electron chi connectivity index (χ3n) is 10.8. The van der Waals surface area contributed by atoms with E-state index in [1.54, 1.807) is 0 Å². The van der Waals surface area contributed by atoms with E-state index in [1.165, 1.54) is 66.3 Å². The average molecular weight is 715 g/mol. The highest BCUT2D eigenvalue weighted by molar-refractivity contribution is 6.16. The highest BCUT2D eigenvalue weighted by Gasteiger charge is 2.18. The molecule has 56 heavy (non-hydrogen) atoms. The fourth-order valence-corrected chi connectivity index (χ4v) is 8.10. The molecule has 0 saturated carbocycles. The lowest BCUT2D eigenvalue weighted by molar-refractivity contribution is 1.18. The predicted molar refractivity (Wildman–Crippen MR) is 237 cm³/mol. The summed E-state index contributed by atoms with van der Waals surface area (Å²) in [7, 11) is 0. The number of hydrogen-bond donors (Lipinski definition) is 0. The molecule has 1 heterocycles. The maximum absolute atomic E-state index is 2.40. The number of nitrogens with zero attached hydrogens (tertiary/aromatic N) is 2. The van der Waals surface area contributed by atoms with Gasteiger partial charge < -0.3 is 9.47 Å². The zero-order valence-corrected chi connectivity index (χ0v) is 30.8. The summed E-state index contributed by atoms with van der Waals surface area (Å²) in [5.41, 5.74) is 16.5. The smallest absolute Gasteiger partial charge is 0.0547 e. The Morgan fingerprint density at radius 3 is 1.34 bits per heavy atom. The molecule has 0 aliphatic carbocycles. The number of benzene rings is 9. The molecule has 0 amide bonds. The molecule has 0 aliphatic heterocycles. The van der Waals surface area contributed by atoms with Crippen molar-refractivity contribution in [2.24, 2.45) is 0 Å². The fraction of sp³-hybridized carbons (Fsp3) is 0. The highest BCUT2D eigenvalue weighted by Crippen LogP contribution is 2.42. The Morgan fingerprint density at radius 2 is 0.714 bits per heavy atom. The van der Waals surface area contributed by atoms with Gasteiger partial charge in [-0.25, -0.2) is 0 Å². The maximum Gasteiger partial charge on any atom is 0.0547 e. The van der Waals surface area contributed by atoms with Gasteiger partial charge in [0.2, 0.25) is 0 Å². The van der Waals surface area contributed by atoms with Crippen molar-refractivity contribution in [3.05, 3.63) is 231 Å². The first kappa shape index (κ1) is 33.2. The van der Waals surface area contributed by atoms with E-state index in [0.29, 0.717) is 0 Å². The van der Waals surface area contributed by atoms with E-state index in [1.807, 2.05) is 0 Å². The summed E-state index contributed by atoms with van der Waals surface area (Å²) < 4.78 is 2.40. The van der Waals surface area contributed by atoms with Gasteiger partial charge in [-0.2, -0.15) is 0 Å². The molecule has 0 bridgehead atoms. The van der Waals surface area contributed by atoms with Crippen LogP contribution in [0.3, 0.4) is 0 Å². The summed E-state index contributed by atoms with van der Waals surface area (Å²) in [6, 6.07) is 82.9. The summed E-state index contributed by atoms with van der Waals surface area (Å²) in [6.45, 7) is 0. The standard InChI is InChI=1S/C54H38N2/c1-4-14-39(15-5-1)41-26-28-42(29-27-41)44-30-34-47(35-31-44)55(46-19-8-3-9-20-46)49-21-12-18-45(38-49)50-23-13-25-53-54(50)51-22-10-11-24-52(51)56(53)48-36-32-43(33-37-48)40-16-6-2-7-17-40/h1-38H. The number of anilines is 3. The van der Waals surface area contributed by atoms with Crippen molar-refractivity contribution in [1.82, 2.24) is 4.57 Å². The fourth-order valence-electron chi connectivity index (χ4n) is 8.10. The Kier molecular flexibility index (Phi) is 8.55. The number of rotatable bonds is 8. The van der Waals surface area contributed by atoms with E-state index in [2.05, 4.69) is 240 Å². The van der Waals surface area contributed by atoms with Crippen molar-refractivity contribution >= 4 is 38.9 Å². The number of hydrogen-bond acceptors (Lipinski definition) is 1. The van der Waals surface area contributed by atoms with Crippen molar-refractivity contribution in [1.29, 1.82) is 0 Å². The van der Waals surface area contributed by atoms with Crippen LogP contribution in [0.15, 0.2) is 231 Å². The highest BCUT2D eigenvalue weighted by atomic mass is 15.1. The predicted octanol–water partition coefficient (Wildman–Crippen LogP) is 14.9. The molecular formula is C54H38N2. The quantitative estimate of drug-likeness (QED) is 0.152. The van der Waals surface area contributed by atoms with Crippen LogP contribution in [0.25, 0.3) is 72.0 Å². The van der Waals surface area contributed by atoms with Crippen molar-refractivity contribution in [2.45, 2.75) is 0 Å². The van der Waals surface area contributed by atoms with Gasteiger partial charge in [-0.05, 0) is 105 Å². The molecule has 0 saturated heterocycles. The number of para-hydroxylation sites is 2. The Hall–Kier alpha value is -7.42. The zero-order chi connectivity index (χ0) is 37.3. The summed E-state index contributed by atoms with van der Waals surface area (Å²) in [5, 5.41) is 2.49. The van der Waals surface area contributed by atoms with Crippen LogP contribution < -0.4 is 4.90 Å². The molecule has 2 heteroatoms. The van der Waals surface area contributed by atoms with E-state index in [0.717, 1.165) is 22.7 Å². The van der Waals surface area contributed by atoms with Crippen LogP contribution in [-0.2, 0) is 0 Å². The molecule has 9 aromatic carbocycles. The second-order valence-electron chi connectivity index (χ2n) is 14.2. The molecule has 2 nitrogen and oxygen atoms in total. The Labute approximate surface area is 327 Å². The first-order valence-corrected chi connectivity index (χ1v) is 19.2. The van der Waals surface area contributed by atoms with Crippen LogP contribution >= 0.6 is 0 Å². The lowest BCUT2D eigenvalue weighted by Crippen LogP contribution is -2.09. The van der Waals surface area contributed by atoms with Crippen molar-refractivity contribution in [3.8, 4) is 50.2 Å². The molecular weight excluding hydrogens is 677 g/mol. The van der Waals surface area contributed by atoms with Gasteiger partial charge in [0, 0.05) is 33.5 Å². The minimum Gasteiger partial charge on any atom is -0.310 e. The largest absolute Gasteiger partial charge is 0.310 e. The molecule has 10 rings (SSSR count). The van der Waals surface area contributed by atoms with Crippen LogP contribution in [0.5, 0.6) is 0 Å². The normalized spacial score (nSPS) is 11.2. The summed E-state index contributed by atoms with van der Waals surface area (Å²) >= 11 is 0. The van der Waals surface area contributed by atoms with Crippen LogP contribution in [0.4, 0.5) is 17.1 Å².